The van der Waals surface area contributed by atoms with Gasteiger partial charge >= 0.3 is 0 Å². The van der Waals surface area contributed by atoms with Crippen LogP contribution in [-0.2, 0) is 11.2 Å². The Kier molecular flexibility index (Phi) is 5.46. The maximum absolute atomic E-state index is 12.1. The van der Waals surface area contributed by atoms with Crippen LogP contribution in [0.2, 0.25) is 0 Å². The molecule has 4 nitrogen and oxygen atoms in total. The highest BCUT2D eigenvalue weighted by molar-refractivity contribution is 7.13. The van der Waals surface area contributed by atoms with E-state index in [0.29, 0.717) is 12.8 Å². The van der Waals surface area contributed by atoms with E-state index in [9.17, 15) is 4.79 Å². The number of ether oxygens (including phenoxy) is 1. The number of aryl methyl sites for hydroxylation is 2. The van der Waals surface area contributed by atoms with Crippen LogP contribution in [-0.4, -0.2) is 18.0 Å². The molecule has 0 atom stereocenters. The van der Waals surface area contributed by atoms with Gasteiger partial charge in [-0.2, -0.15) is 0 Å². The van der Waals surface area contributed by atoms with Gasteiger partial charge in [-0.05, 0) is 31.0 Å². The zero-order valence-electron chi connectivity index (χ0n) is 14.3. The number of benzene rings is 2. The predicted molar refractivity (Wildman–Crippen MR) is 102 cm³/mol. The van der Waals surface area contributed by atoms with Gasteiger partial charge in [0.25, 0.3) is 0 Å². The maximum Gasteiger partial charge on any atom is 0.224 e. The van der Waals surface area contributed by atoms with Crippen LogP contribution in [0.1, 0.15) is 17.7 Å². The van der Waals surface area contributed by atoms with E-state index in [0.717, 1.165) is 27.7 Å². The zero-order valence-corrected chi connectivity index (χ0v) is 15.1. The van der Waals surface area contributed by atoms with Crippen LogP contribution in [0.5, 0.6) is 5.75 Å². The van der Waals surface area contributed by atoms with Gasteiger partial charge in [0.2, 0.25) is 5.91 Å². The average molecular weight is 352 g/mol. The molecule has 0 saturated carbocycles. The van der Waals surface area contributed by atoms with Crippen LogP contribution in [0.4, 0.5) is 5.69 Å². The van der Waals surface area contributed by atoms with Crippen molar-refractivity contribution >= 4 is 22.9 Å². The fourth-order valence-electron chi connectivity index (χ4n) is 2.52. The van der Waals surface area contributed by atoms with E-state index in [2.05, 4.69) is 29.4 Å². The first-order chi connectivity index (χ1) is 12.2. The summed E-state index contributed by atoms with van der Waals surface area (Å²) in [5.74, 6) is 0.693. The van der Waals surface area contributed by atoms with E-state index < -0.39 is 0 Å². The highest BCUT2D eigenvalue weighted by Gasteiger charge is 2.09. The third-order valence-electron chi connectivity index (χ3n) is 3.89. The van der Waals surface area contributed by atoms with E-state index in [4.69, 9.17) is 4.74 Å². The van der Waals surface area contributed by atoms with Crippen molar-refractivity contribution in [3.05, 3.63) is 65.2 Å². The number of anilines is 1. The van der Waals surface area contributed by atoms with Gasteiger partial charge in [-0.1, -0.05) is 30.3 Å². The van der Waals surface area contributed by atoms with Crippen LogP contribution >= 0.6 is 11.3 Å². The molecule has 1 amide bonds. The third kappa shape index (κ3) is 4.45. The molecule has 0 aliphatic heterocycles. The largest absolute Gasteiger partial charge is 0.497 e. The number of nitrogens with one attached hydrogen (secondary N) is 1. The molecule has 1 aromatic heterocycles. The van der Waals surface area contributed by atoms with E-state index in [1.165, 1.54) is 5.56 Å². The Morgan fingerprint density at radius 1 is 1.20 bits per heavy atom. The molecule has 128 valence electrons. The minimum Gasteiger partial charge on any atom is -0.497 e. The summed E-state index contributed by atoms with van der Waals surface area (Å²) in [4.78, 5) is 16.8. The van der Waals surface area contributed by atoms with Crippen LogP contribution in [0, 0.1) is 6.92 Å². The van der Waals surface area contributed by atoms with Crippen molar-refractivity contribution in [2.45, 2.75) is 19.8 Å². The lowest BCUT2D eigenvalue weighted by atomic mass is 10.1. The van der Waals surface area contributed by atoms with Crippen LogP contribution in [0.15, 0.2) is 53.9 Å². The Bertz CT molecular complexity index is 873. The Hall–Kier alpha value is -2.66. The van der Waals surface area contributed by atoms with Gasteiger partial charge in [-0.3, -0.25) is 4.79 Å². The Morgan fingerprint density at radius 3 is 2.84 bits per heavy atom. The number of rotatable bonds is 6. The second kappa shape index (κ2) is 7.94. The van der Waals surface area contributed by atoms with Gasteiger partial charge in [0.1, 0.15) is 10.8 Å². The predicted octanol–water partition coefficient (Wildman–Crippen LogP) is 4.70. The molecule has 0 bridgehead atoms. The highest BCUT2D eigenvalue weighted by Crippen LogP contribution is 2.27. The number of aromatic nitrogens is 1. The molecule has 1 N–H and O–H groups in total. The van der Waals surface area contributed by atoms with E-state index in [1.807, 2.05) is 35.7 Å². The maximum atomic E-state index is 12.1. The molecule has 0 fully saturated rings. The van der Waals surface area contributed by atoms with E-state index >= 15 is 0 Å². The van der Waals surface area contributed by atoms with Crippen molar-refractivity contribution in [1.82, 2.24) is 4.98 Å². The fourth-order valence-corrected chi connectivity index (χ4v) is 3.47. The quantitative estimate of drug-likeness (QED) is 0.700. The first-order valence-electron chi connectivity index (χ1n) is 8.10. The molecule has 2 aromatic carbocycles. The summed E-state index contributed by atoms with van der Waals surface area (Å²) in [6.45, 7) is 2.08. The molecule has 1 heterocycles. The molecule has 0 radical (unpaired) electrons. The number of hydrogen-bond acceptors (Lipinski definition) is 4. The summed E-state index contributed by atoms with van der Waals surface area (Å²) in [6, 6.07) is 15.5. The van der Waals surface area contributed by atoms with Crippen molar-refractivity contribution < 1.29 is 9.53 Å². The Morgan fingerprint density at radius 2 is 2.04 bits per heavy atom. The van der Waals surface area contributed by atoms with Gasteiger partial charge in [0.15, 0.2) is 0 Å². The molecule has 0 unspecified atom stereocenters. The van der Waals surface area contributed by atoms with Gasteiger partial charge in [0, 0.05) is 29.1 Å². The summed E-state index contributed by atoms with van der Waals surface area (Å²) in [6.07, 6.45) is 1.02. The topological polar surface area (TPSA) is 51.2 Å². The summed E-state index contributed by atoms with van der Waals surface area (Å²) >= 11 is 1.62. The summed E-state index contributed by atoms with van der Waals surface area (Å²) in [5, 5.41) is 5.92. The third-order valence-corrected chi connectivity index (χ3v) is 4.81. The van der Waals surface area contributed by atoms with Crippen LogP contribution in [0.25, 0.3) is 10.6 Å². The number of thiazole rings is 1. The number of amides is 1. The highest BCUT2D eigenvalue weighted by atomic mass is 32.1. The Balaban J connectivity index is 1.58. The molecule has 0 aliphatic carbocycles. The van der Waals surface area contributed by atoms with Crippen molar-refractivity contribution in [1.29, 1.82) is 0 Å². The fraction of sp³-hybridized carbons (Fsp3) is 0.200. The first kappa shape index (κ1) is 17.2. The molecule has 0 aliphatic rings. The molecule has 3 aromatic rings. The molecule has 25 heavy (non-hydrogen) atoms. The second-order valence-corrected chi connectivity index (χ2v) is 6.60. The van der Waals surface area contributed by atoms with E-state index in [1.54, 1.807) is 24.5 Å². The van der Waals surface area contributed by atoms with Gasteiger partial charge in [0.05, 0.1) is 12.8 Å². The van der Waals surface area contributed by atoms with Crippen LogP contribution in [0.3, 0.4) is 0 Å². The first-order valence-corrected chi connectivity index (χ1v) is 8.98. The molecule has 5 heteroatoms. The van der Waals surface area contributed by atoms with Gasteiger partial charge < -0.3 is 10.1 Å². The summed E-state index contributed by atoms with van der Waals surface area (Å²) < 4.78 is 5.16. The van der Waals surface area contributed by atoms with Crippen LogP contribution < -0.4 is 10.1 Å². The standard InChI is InChI=1S/C20H20N2O2S/c1-14-6-3-4-9-18(14)20-22-16(13-25-20)10-11-19(23)21-15-7-5-8-17(12-15)24-2/h3-9,12-13H,10-11H2,1-2H3,(H,21,23). The molecule has 3 rings (SSSR count). The van der Waals surface area contributed by atoms with Crippen molar-refractivity contribution in [3.8, 4) is 16.3 Å². The number of methoxy groups -OCH3 is 1. The second-order valence-electron chi connectivity index (χ2n) is 5.74. The monoisotopic (exact) mass is 352 g/mol. The van der Waals surface area contributed by atoms with Crippen molar-refractivity contribution in [3.63, 3.8) is 0 Å². The lowest BCUT2D eigenvalue weighted by Crippen LogP contribution is -2.12. The molecular weight excluding hydrogens is 332 g/mol. The molecular formula is C20H20N2O2S. The smallest absolute Gasteiger partial charge is 0.224 e. The molecule has 0 saturated heterocycles. The van der Waals surface area contributed by atoms with E-state index in [-0.39, 0.29) is 5.91 Å². The summed E-state index contributed by atoms with van der Waals surface area (Å²) in [5.41, 5.74) is 4.05. The normalized spacial score (nSPS) is 10.5. The lowest BCUT2D eigenvalue weighted by molar-refractivity contribution is -0.116. The van der Waals surface area contributed by atoms with Crippen molar-refractivity contribution in [2.24, 2.45) is 0 Å². The van der Waals surface area contributed by atoms with Gasteiger partial charge in [-0.15, -0.1) is 11.3 Å². The molecule has 0 spiro atoms. The number of carbonyl (C=O) groups excluding carboxylic acids is 1. The minimum absolute atomic E-state index is 0.0290. The number of hydrogen-bond donors (Lipinski definition) is 1. The lowest BCUT2D eigenvalue weighted by Gasteiger charge is -2.06. The van der Waals surface area contributed by atoms with Crippen molar-refractivity contribution in [2.75, 3.05) is 12.4 Å². The Labute approximate surface area is 151 Å². The number of carbonyl (C=O) groups is 1. The SMILES string of the molecule is COc1cccc(NC(=O)CCc2csc(-c3ccccc3C)n2)c1. The minimum atomic E-state index is -0.0290. The number of nitrogens with zero attached hydrogens (tertiary/aromatic N) is 1. The average Bonchev–Trinajstić information content (AvgIpc) is 3.09. The van der Waals surface area contributed by atoms with Gasteiger partial charge in [-0.25, -0.2) is 4.98 Å². The zero-order chi connectivity index (χ0) is 17.6. The summed E-state index contributed by atoms with van der Waals surface area (Å²) in [7, 11) is 1.61.